The molecular weight excluding hydrogens is 644 g/mol. The van der Waals surface area contributed by atoms with Gasteiger partial charge in [-0.1, -0.05) is 48.0 Å². The second-order valence-corrected chi connectivity index (χ2v) is 12.1. The molecule has 1 fully saturated rings. The van der Waals surface area contributed by atoms with Crippen LogP contribution in [-0.2, 0) is 32.7 Å². The molecule has 0 spiro atoms. The number of nitrogens with zero attached hydrogens (tertiary/aromatic N) is 1. The van der Waals surface area contributed by atoms with Gasteiger partial charge in [0.15, 0.2) is 11.5 Å². The fraction of sp³-hybridized carbons (Fsp3) is 0.114. The van der Waals surface area contributed by atoms with Gasteiger partial charge in [-0.15, -0.1) is 6.58 Å². The summed E-state index contributed by atoms with van der Waals surface area (Å²) in [4.78, 5) is 40.0. The topological polar surface area (TPSA) is 128 Å². The Balaban J connectivity index is 1.45. The Bertz CT molecular complexity index is 1960. The van der Waals surface area contributed by atoms with Crippen LogP contribution in [0.2, 0.25) is 5.02 Å². The highest BCUT2D eigenvalue weighted by molar-refractivity contribution is 7.87. The molecule has 4 aromatic carbocycles. The van der Waals surface area contributed by atoms with Crippen molar-refractivity contribution in [3.05, 3.63) is 131 Å². The molecule has 12 heteroatoms. The van der Waals surface area contributed by atoms with Gasteiger partial charge in [-0.3, -0.25) is 14.9 Å². The molecule has 0 aliphatic carbocycles. The molecule has 1 aliphatic rings. The van der Waals surface area contributed by atoms with Crippen molar-refractivity contribution in [3.8, 4) is 17.2 Å². The van der Waals surface area contributed by atoms with E-state index in [0.717, 1.165) is 10.5 Å². The molecule has 0 atom stereocenters. The van der Waals surface area contributed by atoms with E-state index in [1.54, 1.807) is 25.1 Å². The minimum Gasteiger partial charge on any atom is -0.490 e. The molecule has 0 unspecified atom stereocenters. The van der Waals surface area contributed by atoms with E-state index in [2.05, 4.69) is 11.9 Å². The first-order valence-corrected chi connectivity index (χ1v) is 16.2. The maximum absolute atomic E-state index is 13.6. The van der Waals surface area contributed by atoms with Crippen molar-refractivity contribution in [1.82, 2.24) is 5.32 Å². The number of halogens is 1. The highest BCUT2D eigenvalue weighted by atomic mass is 35.5. The number of hydrogen-bond acceptors (Lipinski definition) is 8. The van der Waals surface area contributed by atoms with Gasteiger partial charge in [0, 0.05) is 10.6 Å². The van der Waals surface area contributed by atoms with Crippen molar-refractivity contribution in [1.29, 1.82) is 0 Å². The third-order valence-corrected chi connectivity index (χ3v) is 8.36. The lowest BCUT2D eigenvalue weighted by Gasteiger charge is -2.26. The van der Waals surface area contributed by atoms with Crippen LogP contribution in [0.15, 0.2) is 114 Å². The molecule has 0 aromatic heterocycles. The van der Waals surface area contributed by atoms with E-state index < -0.39 is 28.0 Å². The van der Waals surface area contributed by atoms with Crippen LogP contribution in [0, 0.1) is 0 Å². The molecule has 0 radical (unpaired) electrons. The van der Waals surface area contributed by atoms with Crippen LogP contribution < -0.4 is 23.9 Å². The summed E-state index contributed by atoms with van der Waals surface area (Å²) in [6.45, 7) is 5.93. The largest absolute Gasteiger partial charge is 0.490 e. The molecule has 1 aliphatic heterocycles. The van der Waals surface area contributed by atoms with Gasteiger partial charge in [0.25, 0.3) is 11.8 Å². The van der Waals surface area contributed by atoms with Crippen LogP contribution in [-0.4, -0.2) is 32.9 Å². The summed E-state index contributed by atoms with van der Waals surface area (Å²) >= 11 is 5.91. The fourth-order valence-corrected chi connectivity index (χ4v) is 5.78. The summed E-state index contributed by atoms with van der Waals surface area (Å²) in [5, 5.41) is 2.56. The number of anilines is 1. The zero-order chi connectivity index (χ0) is 33.6. The number of allylic oxidation sites excluding steroid dienone is 1. The van der Waals surface area contributed by atoms with Crippen molar-refractivity contribution in [2.45, 2.75) is 24.8 Å². The van der Waals surface area contributed by atoms with Crippen molar-refractivity contribution >= 4 is 51.3 Å². The predicted octanol–water partition coefficient (Wildman–Crippen LogP) is 6.48. The highest BCUT2D eigenvalue weighted by Crippen LogP contribution is 2.37. The zero-order valence-corrected chi connectivity index (χ0v) is 26.7. The molecule has 1 N–H and O–H groups in total. The van der Waals surface area contributed by atoms with Gasteiger partial charge in [0.1, 0.15) is 22.8 Å². The second-order valence-electron chi connectivity index (χ2n) is 10.2. The number of ether oxygens (including phenoxy) is 2. The molecular formula is C35H29ClN2O8S. The Kier molecular flexibility index (Phi) is 10.1. The normalized spacial score (nSPS) is 14.1. The number of carbonyl (C=O) groups is 3. The summed E-state index contributed by atoms with van der Waals surface area (Å²) in [5.41, 5.74) is 1.54. The van der Waals surface area contributed by atoms with E-state index in [-0.39, 0.29) is 40.7 Å². The van der Waals surface area contributed by atoms with Gasteiger partial charge >= 0.3 is 16.1 Å². The molecule has 1 heterocycles. The Morgan fingerprint density at radius 2 is 1.62 bits per heavy atom. The smallest absolute Gasteiger partial charge is 0.339 e. The first-order chi connectivity index (χ1) is 22.6. The first kappa shape index (κ1) is 33.0. The quantitative estimate of drug-likeness (QED) is 0.0784. The number of imide groups is 2. The first-order valence-electron chi connectivity index (χ1n) is 14.4. The molecule has 1 saturated heterocycles. The number of carbonyl (C=O) groups excluding carboxylic acids is 3. The predicted molar refractivity (Wildman–Crippen MR) is 177 cm³/mol. The van der Waals surface area contributed by atoms with Gasteiger partial charge in [-0.2, -0.15) is 8.42 Å². The van der Waals surface area contributed by atoms with E-state index >= 15 is 0 Å². The summed E-state index contributed by atoms with van der Waals surface area (Å²) in [5.74, 6) is -1.25. The van der Waals surface area contributed by atoms with E-state index in [0.29, 0.717) is 28.5 Å². The van der Waals surface area contributed by atoms with Crippen molar-refractivity contribution in [3.63, 3.8) is 0 Å². The molecule has 0 saturated carbocycles. The van der Waals surface area contributed by atoms with Crippen LogP contribution in [0.25, 0.3) is 6.08 Å². The lowest BCUT2D eigenvalue weighted by molar-refractivity contribution is -0.122. The van der Waals surface area contributed by atoms with E-state index in [1.165, 1.54) is 54.6 Å². The summed E-state index contributed by atoms with van der Waals surface area (Å²) in [6, 6.07) is 23.4. The van der Waals surface area contributed by atoms with Crippen LogP contribution in [0.5, 0.6) is 17.2 Å². The van der Waals surface area contributed by atoms with Crippen LogP contribution in [0.1, 0.15) is 23.6 Å². The summed E-state index contributed by atoms with van der Waals surface area (Å²) < 4.78 is 43.4. The Morgan fingerprint density at radius 1 is 0.915 bits per heavy atom. The van der Waals surface area contributed by atoms with Gasteiger partial charge < -0.3 is 13.7 Å². The Hall–Kier alpha value is -5.39. The monoisotopic (exact) mass is 672 g/mol. The average molecular weight is 673 g/mol. The fourth-order valence-electron chi connectivity index (χ4n) is 4.68. The molecule has 5 rings (SSSR count). The van der Waals surface area contributed by atoms with Crippen molar-refractivity contribution < 1.29 is 36.5 Å². The van der Waals surface area contributed by atoms with E-state index in [1.807, 2.05) is 30.3 Å². The number of rotatable bonds is 12. The molecule has 4 amide bonds. The molecule has 47 heavy (non-hydrogen) atoms. The number of amides is 4. The van der Waals surface area contributed by atoms with Crippen molar-refractivity contribution in [2.75, 3.05) is 11.5 Å². The maximum atomic E-state index is 13.6. The lowest BCUT2D eigenvalue weighted by Crippen LogP contribution is -2.54. The van der Waals surface area contributed by atoms with E-state index in [4.69, 9.17) is 25.3 Å². The average Bonchev–Trinajstić information content (AvgIpc) is 3.05. The van der Waals surface area contributed by atoms with E-state index in [9.17, 15) is 22.8 Å². The third kappa shape index (κ3) is 7.71. The summed E-state index contributed by atoms with van der Waals surface area (Å²) in [6.07, 6.45) is 2.99. The van der Waals surface area contributed by atoms with Gasteiger partial charge in [0.05, 0.1) is 12.3 Å². The van der Waals surface area contributed by atoms with Crippen LogP contribution in [0.3, 0.4) is 0 Å². The molecule has 10 nitrogen and oxygen atoms in total. The number of hydrogen-bond donors (Lipinski definition) is 1. The highest BCUT2D eigenvalue weighted by Gasteiger charge is 2.37. The molecule has 240 valence electrons. The third-order valence-electron chi connectivity index (χ3n) is 6.87. The van der Waals surface area contributed by atoms with Gasteiger partial charge in [-0.05, 0) is 91.2 Å². The Labute approximate surface area is 277 Å². The standard InChI is InChI=1S/C35H29ClN2O8S/c1-3-8-25-19-24(21-31(44-4-2)32(25)46-47(42,43)29-17-11-26(36)12-18-29)20-30-33(39)37-35(41)38(34(30)40)27-13-15-28(16-14-27)45-22-23-9-6-5-7-10-23/h3,5-7,9-21H,1,4,8,22H2,2H3,(H,37,39,41)/b30-20+. The van der Waals surface area contributed by atoms with Crippen LogP contribution in [0.4, 0.5) is 10.5 Å². The number of benzene rings is 4. The van der Waals surface area contributed by atoms with Gasteiger partial charge in [-0.25, -0.2) is 9.69 Å². The van der Waals surface area contributed by atoms with Crippen molar-refractivity contribution in [2.24, 2.45) is 0 Å². The lowest BCUT2D eigenvalue weighted by atomic mass is 10.0. The number of nitrogens with one attached hydrogen (secondary N) is 1. The minimum absolute atomic E-state index is 0.0546. The minimum atomic E-state index is -4.29. The Morgan fingerprint density at radius 3 is 2.28 bits per heavy atom. The second kappa shape index (κ2) is 14.4. The van der Waals surface area contributed by atoms with Gasteiger partial charge in [0.2, 0.25) is 0 Å². The number of urea groups is 1. The van der Waals surface area contributed by atoms with Crippen LogP contribution >= 0.6 is 11.6 Å². The maximum Gasteiger partial charge on any atom is 0.339 e. The number of barbiturate groups is 1. The summed E-state index contributed by atoms with van der Waals surface area (Å²) in [7, 11) is -4.29. The SMILES string of the molecule is C=CCc1cc(/C=C2\C(=O)NC(=O)N(c3ccc(OCc4ccccc4)cc3)C2=O)cc(OCC)c1OS(=O)(=O)c1ccc(Cl)cc1. The zero-order valence-electron chi connectivity index (χ0n) is 25.1. The molecule has 4 aromatic rings. The molecule has 0 bridgehead atoms.